The van der Waals surface area contributed by atoms with Gasteiger partial charge in [-0.3, -0.25) is 28.9 Å². The number of hydrogen-bond donors (Lipinski definition) is 5. The average molecular weight is 1420 g/mol. The molecule has 0 unspecified atom stereocenters. The van der Waals surface area contributed by atoms with Crippen LogP contribution < -0.4 is 26.6 Å². The number of carbonyl (C=O) groups excluding carboxylic acids is 6. The van der Waals surface area contributed by atoms with Gasteiger partial charge in [-0.05, 0) is 56.2 Å². The van der Waals surface area contributed by atoms with E-state index >= 15 is 0 Å². The van der Waals surface area contributed by atoms with E-state index in [1.807, 2.05) is 90.9 Å². The van der Waals surface area contributed by atoms with Gasteiger partial charge in [0.25, 0.3) is 0 Å². The van der Waals surface area contributed by atoms with E-state index in [0.717, 1.165) is 44.6 Å². The summed E-state index contributed by atoms with van der Waals surface area (Å²) < 4.78 is 23.4. The Morgan fingerprint density at radius 3 is 1.90 bits per heavy atom. The molecule has 1 aromatic carbocycles. The first-order valence-electron chi connectivity index (χ1n) is 28.5. The molecule has 0 saturated carbocycles. The zero-order valence-electron chi connectivity index (χ0n) is 50.7. The number of rotatable bonds is 35. The monoisotopic (exact) mass is 1420 g/mol. The van der Waals surface area contributed by atoms with Gasteiger partial charge in [-0.2, -0.15) is 27.2 Å². The summed E-state index contributed by atoms with van der Waals surface area (Å²) in [5.74, 6) is -1.91. The van der Waals surface area contributed by atoms with Crippen molar-refractivity contribution < 1.29 is 63.8 Å². The Morgan fingerprint density at radius 1 is 0.775 bits per heavy atom. The molecule has 0 spiro atoms. The number of piperidine rings is 1. The topological polar surface area (TPSA) is 252 Å². The van der Waals surface area contributed by atoms with Crippen molar-refractivity contribution in [2.75, 3.05) is 128 Å². The Balaban J connectivity index is 0.00000373. The fourth-order valence-electron chi connectivity index (χ4n) is 10.2. The second kappa shape index (κ2) is 43.6. The van der Waals surface area contributed by atoms with Crippen LogP contribution in [-0.4, -0.2) is 221 Å². The van der Waals surface area contributed by atoms with Crippen LogP contribution in [0.25, 0.3) is 16.0 Å². The summed E-state index contributed by atoms with van der Waals surface area (Å²) in [5, 5.41) is 26.6. The van der Waals surface area contributed by atoms with Gasteiger partial charge in [0.15, 0.2) is 0 Å². The van der Waals surface area contributed by atoms with E-state index in [2.05, 4.69) is 78.0 Å². The first-order valence-corrected chi connectivity index (χ1v) is 35.0. The summed E-state index contributed by atoms with van der Waals surface area (Å²) in [5.41, 5.74) is 0.867. The van der Waals surface area contributed by atoms with E-state index in [1.54, 1.807) is 45.0 Å². The molecule has 80 heavy (non-hydrogen) atoms. The number of likely N-dealkylation sites (N-methyl/N-ethyl adjacent to an activating group) is 4. The molecule has 21 nitrogen and oxygen atoms in total. The predicted octanol–water partition coefficient (Wildman–Crippen LogP) is 5.47. The quantitative estimate of drug-likeness (QED) is 0.0421. The van der Waals surface area contributed by atoms with Gasteiger partial charge in [0.1, 0.15) is 12.1 Å². The van der Waals surface area contributed by atoms with Gasteiger partial charge in [0.05, 0.1) is 69.1 Å². The molecule has 0 radical (unpaired) electrons. The van der Waals surface area contributed by atoms with Gasteiger partial charge in [-0.1, -0.05) is 98.1 Å². The summed E-state index contributed by atoms with van der Waals surface area (Å²) in [6, 6.07) is 6.20. The van der Waals surface area contributed by atoms with E-state index in [0.29, 0.717) is 64.6 Å². The second-order valence-corrected chi connectivity index (χ2v) is 21.6. The zero-order chi connectivity index (χ0) is 60.2. The molecule has 2 heterocycles. The number of carbonyl (C=O) groups is 6. The average Bonchev–Trinajstić information content (AvgIpc) is 3.94. The van der Waals surface area contributed by atoms with Crippen LogP contribution in [0.15, 0.2) is 30.3 Å². The Hall–Kier alpha value is -3.06. The molecule has 0 aliphatic carbocycles. The number of halogens is 1. The summed E-state index contributed by atoms with van der Waals surface area (Å²) in [4.78, 5) is 87.6. The van der Waals surface area contributed by atoms with Gasteiger partial charge in [-0.25, -0.2) is 4.79 Å². The minimum atomic E-state index is -0.903. The molecule has 23 heteroatoms. The number of ether oxygens (including phenoxy) is 4. The fraction of sp³-hybridized carbons (Fsp3) is 0.789. The summed E-state index contributed by atoms with van der Waals surface area (Å²) in [6.07, 6.45) is 2.91. The molecular formula is C57H102IN11O10Pt-3. The van der Waals surface area contributed by atoms with Crippen LogP contribution in [0, 0.1) is 29.6 Å². The number of nitrogens with zero attached hydrogens (tertiary/aromatic N) is 6. The van der Waals surface area contributed by atoms with Crippen molar-refractivity contribution in [1.29, 1.82) is 0 Å². The second-order valence-electron chi connectivity index (χ2n) is 21.6. The van der Waals surface area contributed by atoms with Crippen LogP contribution in [0.5, 0.6) is 0 Å². The van der Waals surface area contributed by atoms with Crippen molar-refractivity contribution in [3.05, 3.63) is 51.8 Å². The molecule has 1 aromatic rings. The third kappa shape index (κ3) is 27.6. The summed E-state index contributed by atoms with van der Waals surface area (Å²) in [6.45, 7) is 19.9. The number of methoxy groups -OCH3 is 2. The number of amides is 7. The number of likely N-dealkylation sites (tertiary alicyclic amines) is 1. The van der Waals surface area contributed by atoms with E-state index in [-0.39, 0.29) is 79.3 Å². The molecule has 7 amide bonds. The molecular weight excluding hydrogens is 1320 g/mol. The molecule has 0 bridgehead atoms. The maximum absolute atomic E-state index is 14.5. The third-order valence-electron chi connectivity index (χ3n) is 14.8. The van der Waals surface area contributed by atoms with Gasteiger partial charge in [0.2, 0.25) is 29.5 Å². The van der Waals surface area contributed by atoms with E-state index in [4.69, 9.17) is 18.9 Å². The molecule has 3 rings (SSSR count). The number of urea groups is 1. The van der Waals surface area contributed by atoms with Gasteiger partial charge < -0.3 is 71.3 Å². The van der Waals surface area contributed by atoms with Gasteiger partial charge in [0, 0.05) is 53.9 Å². The van der Waals surface area contributed by atoms with Crippen LogP contribution in [0.3, 0.4) is 0 Å². The minimum absolute atomic E-state index is 0.0166. The first-order chi connectivity index (χ1) is 38.3. The molecule has 5 N–H and O–H groups in total. The summed E-state index contributed by atoms with van der Waals surface area (Å²) in [7, 11) is 12.1. The standard InChI is InChI=1S/C53H92N9O10.C4H10N2.HI.Pt/c1-13-37(6)47(61(10)52(67)45(35(2)3)59-51(66)46(36(4)5)60(8)9)43(69-11)33-44(63)62-27-17-20-42(62)48(70-12)38(7)49(64)58-41(32-39-18-15-14-16-19-39)50(65)55-25-28-71-30-31-72-29-26-56-53(68)57-34-40-21-23-54-24-22-40;1-5-3-4-6-2;;/h14-16,18-19,35-38,40-43,45-48H,13,17,20-34H2,1-12H3,(H,55,65)(H,58,64)(H,59,66)(H2,56,57,68);3-4H2,1-2H3;1H;/q-1;-2;;+1/p-1/t37-,38+,41-,42-,43+,45-,46-,47-,48+;;;/m0.../s1. The molecule has 2 aliphatic rings. The molecule has 2 aliphatic heterocycles. The number of benzene rings is 1. The van der Waals surface area contributed by atoms with Crippen molar-refractivity contribution in [3.8, 4) is 0 Å². The van der Waals surface area contributed by atoms with Crippen LogP contribution in [0.1, 0.15) is 92.6 Å². The van der Waals surface area contributed by atoms with Crippen molar-refractivity contribution >= 4 is 54.9 Å². The third-order valence-corrected chi connectivity index (χ3v) is 14.8. The molecule has 0 aromatic heterocycles. The predicted molar refractivity (Wildman–Crippen MR) is 321 cm³/mol. The van der Waals surface area contributed by atoms with Crippen molar-refractivity contribution in [2.45, 2.75) is 136 Å². The Bertz CT molecular complexity index is 1860. The van der Waals surface area contributed by atoms with Crippen molar-refractivity contribution in [3.63, 3.8) is 0 Å². The van der Waals surface area contributed by atoms with Crippen LogP contribution in [0.2, 0.25) is 0 Å². The van der Waals surface area contributed by atoms with Crippen LogP contribution in [-0.2, 0) is 65.5 Å². The van der Waals surface area contributed by atoms with Crippen LogP contribution in [0.4, 0.5) is 4.79 Å². The Kier molecular flexibility index (Phi) is 40.8. The SMILES string of the molecule is CC[C@H](C)[C@@H]([C@@H](CC(=O)N1CCC[C@H]1[C@H](OC)[C@@H](C)C(=O)N[C@@H](Cc1ccccc1)C(=O)NCCOCCOCCNC(=O)NCC1CC[N-]CC1)OC)N(C)C(=O)[C@@H](NC(=O)[C@H](C(C)C)N(C)C)C(C)C.C[N-]CC[N-]C.[I][Pt]. The maximum atomic E-state index is 14.5. The zero-order valence-corrected chi connectivity index (χ0v) is 55.1. The molecule has 9 atom stereocenters. The van der Waals surface area contributed by atoms with E-state index in [1.165, 1.54) is 7.11 Å². The van der Waals surface area contributed by atoms with Crippen molar-refractivity contribution in [2.24, 2.45) is 29.6 Å². The number of nitrogens with one attached hydrogen (secondary N) is 5. The first kappa shape index (κ1) is 75.0. The fourth-order valence-corrected chi connectivity index (χ4v) is 10.2. The van der Waals surface area contributed by atoms with E-state index in [9.17, 15) is 28.8 Å². The molecule has 2 fully saturated rings. The normalized spacial score (nSPS) is 17.6. The van der Waals surface area contributed by atoms with Gasteiger partial charge in [-0.15, -0.1) is 13.1 Å². The molecule has 465 valence electrons. The molecule has 2 saturated heterocycles. The Morgan fingerprint density at radius 2 is 1.38 bits per heavy atom. The number of hydrogen-bond acceptors (Lipinski definition) is 11. The van der Waals surface area contributed by atoms with Gasteiger partial charge >= 0.3 is 41.5 Å². The van der Waals surface area contributed by atoms with Crippen molar-refractivity contribution in [1.82, 2.24) is 41.3 Å². The summed E-state index contributed by atoms with van der Waals surface area (Å²) >= 11 is 4.23. The Labute approximate surface area is 502 Å². The van der Waals surface area contributed by atoms with E-state index < -0.39 is 48.3 Å². The van der Waals surface area contributed by atoms with Crippen LogP contribution >= 0.6 is 19.4 Å².